The van der Waals surface area contributed by atoms with Crippen molar-refractivity contribution in [2.24, 2.45) is 0 Å². The second-order valence-electron chi connectivity index (χ2n) is 8.29. The first-order valence-electron chi connectivity index (χ1n) is 11.2. The van der Waals surface area contributed by atoms with Gasteiger partial charge in [0.1, 0.15) is 11.9 Å². The van der Waals surface area contributed by atoms with E-state index >= 15 is 0 Å². The maximum absolute atomic E-state index is 14.2. The van der Waals surface area contributed by atoms with Crippen molar-refractivity contribution in [2.75, 3.05) is 0 Å². The third-order valence-electron chi connectivity index (χ3n) is 5.99. The van der Waals surface area contributed by atoms with E-state index in [1.165, 1.54) is 17.4 Å². The van der Waals surface area contributed by atoms with E-state index in [0.29, 0.717) is 27.6 Å². The standard InChI is InChI=1S/C25H29Cl2FN2O2/c1-2-23(25(32)29-20-9-4-3-5-10-20)30(16-18-12-13-19(26)15-21(18)27)24(31)14-17-8-6-7-11-22(17)28/h6-8,11-13,15,20,23H,2-5,9-10,14,16H2,1H3,(H,29,32)/t23-/m0/s1. The van der Waals surface area contributed by atoms with Crippen LogP contribution in [0.2, 0.25) is 10.0 Å². The quantitative estimate of drug-likeness (QED) is 0.510. The van der Waals surface area contributed by atoms with Crippen molar-refractivity contribution in [1.82, 2.24) is 10.2 Å². The molecule has 2 aromatic carbocycles. The minimum atomic E-state index is -0.678. The molecular formula is C25H29Cl2FN2O2. The highest BCUT2D eigenvalue weighted by atomic mass is 35.5. The highest BCUT2D eigenvalue weighted by Crippen LogP contribution is 2.25. The fourth-order valence-electron chi connectivity index (χ4n) is 4.20. The fourth-order valence-corrected chi connectivity index (χ4v) is 4.67. The number of halogens is 3. The van der Waals surface area contributed by atoms with Crippen LogP contribution < -0.4 is 5.32 Å². The van der Waals surface area contributed by atoms with E-state index in [4.69, 9.17) is 23.2 Å². The van der Waals surface area contributed by atoms with Crippen LogP contribution in [0, 0.1) is 5.82 Å². The molecule has 3 rings (SSSR count). The Morgan fingerprint density at radius 3 is 2.47 bits per heavy atom. The second-order valence-corrected chi connectivity index (χ2v) is 9.14. The van der Waals surface area contributed by atoms with E-state index in [2.05, 4.69) is 5.32 Å². The van der Waals surface area contributed by atoms with Crippen molar-refractivity contribution < 1.29 is 14.0 Å². The maximum Gasteiger partial charge on any atom is 0.243 e. The molecule has 0 spiro atoms. The third-order valence-corrected chi connectivity index (χ3v) is 6.58. The Kier molecular flexibility index (Phi) is 8.94. The van der Waals surface area contributed by atoms with Gasteiger partial charge in [-0.2, -0.15) is 0 Å². The molecule has 4 nitrogen and oxygen atoms in total. The predicted octanol–water partition coefficient (Wildman–Crippen LogP) is 5.93. The van der Waals surface area contributed by atoms with Gasteiger partial charge in [-0.3, -0.25) is 9.59 Å². The molecule has 0 aliphatic heterocycles. The van der Waals surface area contributed by atoms with Crippen LogP contribution in [0.15, 0.2) is 42.5 Å². The zero-order valence-electron chi connectivity index (χ0n) is 18.3. The summed E-state index contributed by atoms with van der Waals surface area (Å²) in [6.07, 6.45) is 5.59. The van der Waals surface area contributed by atoms with E-state index < -0.39 is 11.9 Å². The summed E-state index contributed by atoms with van der Waals surface area (Å²) >= 11 is 12.4. The van der Waals surface area contributed by atoms with Crippen LogP contribution in [-0.2, 0) is 22.6 Å². The van der Waals surface area contributed by atoms with Crippen molar-refractivity contribution in [1.29, 1.82) is 0 Å². The maximum atomic E-state index is 14.2. The Morgan fingerprint density at radius 1 is 1.09 bits per heavy atom. The lowest BCUT2D eigenvalue weighted by Gasteiger charge is -2.33. The number of amides is 2. The Balaban J connectivity index is 1.85. The minimum Gasteiger partial charge on any atom is -0.352 e. The molecule has 0 aromatic heterocycles. The summed E-state index contributed by atoms with van der Waals surface area (Å²) in [6.45, 7) is 2.01. The lowest BCUT2D eigenvalue weighted by atomic mass is 9.95. The van der Waals surface area contributed by atoms with Gasteiger partial charge in [-0.1, -0.05) is 73.7 Å². The number of carbonyl (C=O) groups excluding carboxylic acids is 2. The Morgan fingerprint density at radius 2 is 1.81 bits per heavy atom. The van der Waals surface area contributed by atoms with Gasteiger partial charge in [0, 0.05) is 22.6 Å². The van der Waals surface area contributed by atoms with E-state index in [0.717, 1.165) is 25.7 Å². The van der Waals surface area contributed by atoms with Crippen molar-refractivity contribution >= 4 is 35.0 Å². The number of nitrogens with zero attached hydrogens (tertiary/aromatic N) is 1. The van der Waals surface area contributed by atoms with Gasteiger partial charge in [0.05, 0.1) is 6.42 Å². The first-order valence-corrected chi connectivity index (χ1v) is 11.9. The lowest BCUT2D eigenvalue weighted by molar-refractivity contribution is -0.141. The summed E-state index contributed by atoms with van der Waals surface area (Å²) in [7, 11) is 0. The topological polar surface area (TPSA) is 49.4 Å². The summed E-state index contributed by atoms with van der Waals surface area (Å²) in [5.41, 5.74) is 0.981. The number of benzene rings is 2. The zero-order valence-corrected chi connectivity index (χ0v) is 19.8. The molecule has 1 aliphatic rings. The van der Waals surface area contributed by atoms with Crippen molar-refractivity contribution in [2.45, 2.75) is 70.5 Å². The molecule has 0 saturated heterocycles. The predicted molar refractivity (Wildman–Crippen MR) is 126 cm³/mol. The first kappa shape index (κ1) is 24.5. The van der Waals surface area contributed by atoms with Gasteiger partial charge >= 0.3 is 0 Å². The van der Waals surface area contributed by atoms with Crippen LogP contribution in [-0.4, -0.2) is 28.8 Å². The SMILES string of the molecule is CC[C@@H](C(=O)NC1CCCCC1)N(Cc1ccc(Cl)cc1Cl)C(=O)Cc1ccccc1F. The van der Waals surface area contributed by atoms with E-state index in [1.807, 2.05) is 6.92 Å². The Labute approximate surface area is 199 Å². The van der Waals surface area contributed by atoms with Gasteiger partial charge in [0.25, 0.3) is 0 Å². The Bertz CT molecular complexity index is 947. The number of carbonyl (C=O) groups is 2. The van der Waals surface area contributed by atoms with Gasteiger partial charge < -0.3 is 10.2 Å². The van der Waals surface area contributed by atoms with Crippen LogP contribution in [0.5, 0.6) is 0 Å². The molecule has 0 bridgehead atoms. The highest BCUT2D eigenvalue weighted by molar-refractivity contribution is 6.35. The minimum absolute atomic E-state index is 0.132. The smallest absolute Gasteiger partial charge is 0.243 e. The number of hydrogen-bond acceptors (Lipinski definition) is 2. The lowest BCUT2D eigenvalue weighted by Crippen LogP contribution is -2.52. The number of nitrogens with one attached hydrogen (secondary N) is 1. The summed E-state index contributed by atoms with van der Waals surface area (Å²) in [5.74, 6) is -0.942. The zero-order chi connectivity index (χ0) is 23.1. The molecule has 2 amide bonds. The number of rotatable bonds is 8. The molecule has 0 unspecified atom stereocenters. The van der Waals surface area contributed by atoms with Crippen LogP contribution in [0.1, 0.15) is 56.6 Å². The molecule has 32 heavy (non-hydrogen) atoms. The largest absolute Gasteiger partial charge is 0.352 e. The van der Waals surface area contributed by atoms with Crippen molar-refractivity contribution in [3.05, 3.63) is 69.5 Å². The van der Waals surface area contributed by atoms with Gasteiger partial charge in [-0.15, -0.1) is 0 Å². The molecule has 0 heterocycles. The molecule has 0 radical (unpaired) electrons. The van der Waals surface area contributed by atoms with Crippen LogP contribution >= 0.6 is 23.2 Å². The molecule has 1 N–H and O–H groups in total. The average Bonchev–Trinajstić information content (AvgIpc) is 2.77. The third kappa shape index (κ3) is 6.46. The second kappa shape index (κ2) is 11.7. The van der Waals surface area contributed by atoms with Gasteiger partial charge in [-0.25, -0.2) is 4.39 Å². The molecule has 172 valence electrons. The van der Waals surface area contributed by atoms with Crippen LogP contribution in [0.3, 0.4) is 0 Å². The van der Waals surface area contributed by atoms with E-state index in [1.54, 1.807) is 36.4 Å². The average molecular weight is 479 g/mol. The van der Waals surface area contributed by atoms with Gasteiger partial charge in [0.15, 0.2) is 0 Å². The highest BCUT2D eigenvalue weighted by Gasteiger charge is 2.31. The van der Waals surface area contributed by atoms with Crippen LogP contribution in [0.4, 0.5) is 4.39 Å². The van der Waals surface area contributed by atoms with Gasteiger partial charge in [-0.05, 0) is 48.6 Å². The molecule has 1 fully saturated rings. The van der Waals surface area contributed by atoms with Crippen LogP contribution in [0.25, 0.3) is 0 Å². The number of hydrogen-bond donors (Lipinski definition) is 1. The van der Waals surface area contributed by atoms with E-state index in [9.17, 15) is 14.0 Å². The van der Waals surface area contributed by atoms with Crippen molar-refractivity contribution in [3.8, 4) is 0 Å². The summed E-state index contributed by atoms with van der Waals surface area (Å²) < 4.78 is 14.2. The summed E-state index contributed by atoms with van der Waals surface area (Å²) in [6, 6.07) is 10.7. The molecular weight excluding hydrogens is 450 g/mol. The molecule has 7 heteroatoms. The van der Waals surface area contributed by atoms with E-state index in [-0.39, 0.29) is 30.8 Å². The first-order chi connectivity index (χ1) is 15.4. The molecule has 2 aromatic rings. The van der Waals surface area contributed by atoms with Gasteiger partial charge in [0.2, 0.25) is 11.8 Å². The fraction of sp³-hybridized carbons (Fsp3) is 0.440. The molecule has 1 aliphatic carbocycles. The normalized spacial score (nSPS) is 15.2. The Hall–Kier alpha value is -2.11. The summed E-state index contributed by atoms with van der Waals surface area (Å²) in [4.78, 5) is 28.1. The van der Waals surface area contributed by atoms with Crippen molar-refractivity contribution in [3.63, 3.8) is 0 Å². The molecule has 1 saturated carbocycles. The monoisotopic (exact) mass is 478 g/mol. The molecule has 1 atom stereocenters. The summed E-state index contributed by atoms with van der Waals surface area (Å²) in [5, 5.41) is 4.04.